The Morgan fingerprint density at radius 1 is 1.44 bits per heavy atom. The molecule has 1 aromatic rings. The molecule has 0 amide bonds. The van der Waals surface area contributed by atoms with Crippen LogP contribution in [0.25, 0.3) is 0 Å². The molecule has 0 bridgehead atoms. The molecular weight excluding hydrogens is 218 g/mol. The van der Waals surface area contributed by atoms with E-state index in [2.05, 4.69) is 30.5 Å². The summed E-state index contributed by atoms with van der Waals surface area (Å²) in [6, 6.07) is 0.433. The molecule has 3 nitrogen and oxygen atoms in total. The van der Waals surface area contributed by atoms with Gasteiger partial charge in [-0.25, -0.2) is 0 Å². The van der Waals surface area contributed by atoms with Crippen LogP contribution >= 0.6 is 11.8 Å². The molecular formula is C12H23N3S. The van der Waals surface area contributed by atoms with Gasteiger partial charge in [0.2, 0.25) is 0 Å². The maximum Gasteiger partial charge on any atom is 0.0537 e. The maximum atomic E-state index is 4.37. The molecule has 0 aliphatic carbocycles. The van der Waals surface area contributed by atoms with Crippen molar-refractivity contribution in [3.05, 3.63) is 18.0 Å². The van der Waals surface area contributed by atoms with Crippen molar-refractivity contribution in [1.82, 2.24) is 15.1 Å². The molecule has 0 radical (unpaired) electrons. The first-order chi connectivity index (χ1) is 7.81. The predicted octanol–water partition coefficient (Wildman–Crippen LogP) is 2.70. The topological polar surface area (TPSA) is 29.9 Å². The molecule has 0 aliphatic heterocycles. The van der Waals surface area contributed by atoms with Crippen molar-refractivity contribution in [3.8, 4) is 0 Å². The van der Waals surface area contributed by atoms with Gasteiger partial charge in [-0.05, 0) is 25.6 Å². The quantitative estimate of drug-likeness (QED) is 0.710. The average Bonchev–Trinajstić information content (AvgIpc) is 2.74. The van der Waals surface area contributed by atoms with Crippen LogP contribution in [0.2, 0.25) is 0 Å². The largest absolute Gasteiger partial charge is 0.312 e. The number of nitrogens with zero attached hydrogens (tertiary/aromatic N) is 2. The Labute approximate surface area is 103 Å². The van der Waals surface area contributed by atoms with Gasteiger partial charge in [-0.1, -0.05) is 13.8 Å². The van der Waals surface area contributed by atoms with E-state index < -0.39 is 0 Å². The summed E-state index contributed by atoms with van der Waals surface area (Å²) in [4.78, 5) is 0. The van der Waals surface area contributed by atoms with Gasteiger partial charge in [-0.3, -0.25) is 4.68 Å². The molecule has 1 aromatic heterocycles. The van der Waals surface area contributed by atoms with Crippen LogP contribution < -0.4 is 5.32 Å². The van der Waals surface area contributed by atoms with Gasteiger partial charge in [0.25, 0.3) is 0 Å². The molecule has 1 heterocycles. The van der Waals surface area contributed by atoms with Crippen molar-refractivity contribution in [1.29, 1.82) is 0 Å². The maximum absolute atomic E-state index is 4.37. The predicted molar refractivity (Wildman–Crippen MR) is 71.9 cm³/mol. The summed E-state index contributed by atoms with van der Waals surface area (Å²) in [6.45, 7) is 5.41. The normalized spacial score (nSPS) is 12.9. The third-order valence-corrected chi connectivity index (χ3v) is 3.76. The van der Waals surface area contributed by atoms with E-state index in [1.165, 1.54) is 17.7 Å². The first kappa shape index (κ1) is 13.6. The average molecular weight is 241 g/mol. The van der Waals surface area contributed by atoms with Crippen molar-refractivity contribution >= 4 is 11.8 Å². The van der Waals surface area contributed by atoms with E-state index in [9.17, 15) is 0 Å². The third kappa shape index (κ3) is 4.18. The molecule has 92 valence electrons. The fourth-order valence-electron chi connectivity index (χ4n) is 1.60. The van der Waals surface area contributed by atoms with E-state index in [1.807, 2.05) is 29.7 Å². The highest BCUT2D eigenvalue weighted by Gasteiger charge is 2.10. The summed E-state index contributed by atoms with van der Waals surface area (Å²) < 4.78 is 2.03. The van der Waals surface area contributed by atoms with Crippen molar-refractivity contribution in [2.75, 3.05) is 18.6 Å². The molecule has 1 N–H and O–H groups in total. The molecule has 1 unspecified atom stereocenters. The van der Waals surface area contributed by atoms with Crippen LogP contribution in [-0.2, 0) is 6.54 Å². The highest BCUT2D eigenvalue weighted by Crippen LogP contribution is 2.18. The van der Waals surface area contributed by atoms with Crippen LogP contribution in [-0.4, -0.2) is 28.3 Å². The van der Waals surface area contributed by atoms with Crippen LogP contribution in [0.5, 0.6) is 0 Å². The third-order valence-electron chi connectivity index (χ3n) is 2.49. The lowest BCUT2D eigenvalue weighted by Crippen LogP contribution is -2.18. The Balaban J connectivity index is 2.49. The minimum absolute atomic E-state index is 0.433. The van der Waals surface area contributed by atoms with E-state index in [-0.39, 0.29) is 0 Å². The van der Waals surface area contributed by atoms with Gasteiger partial charge in [0, 0.05) is 30.1 Å². The van der Waals surface area contributed by atoms with Gasteiger partial charge >= 0.3 is 0 Å². The van der Waals surface area contributed by atoms with Crippen LogP contribution in [0.3, 0.4) is 0 Å². The number of hydrogen-bond donors (Lipinski definition) is 1. The summed E-state index contributed by atoms with van der Waals surface area (Å²) in [6.07, 6.45) is 6.53. The molecule has 0 saturated heterocycles. The van der Waals surface area contributed by atoms with Gasteiger partial charge in [0.15, 0.2) is 0 Å². The second-order valence-corrected chi connectivity index (χ2v) is 5.10. The molecule has 0 fully saturated rings. The molecule has 1 rings (SSSR count). The number of hydrogen-bond acceptors (Lipinski definition) is 3. The number of rotatable bonds is 8. The monoisotopic (exact) mass is 241 g/mol. The molecule has 0 saturated carbocycles. The lowest BCUT2D eigenvalue weighted by atomic mass is 10.2. The molecule has 4 heteroatoms. The Morgan fingerprint density at radius 2 is 2.25 bits per heavy atom. The molecule has 16 heavy (non-hydrogen) atoms. The summed E-state index contributed by atoms with van der Waals surface area (Å²) in [5.74, 6) is 2.36. The van der Waals surface area contributed by atoms with Gasteiger partial charge in [0.1, 0.15) is 0 Å². The highest BCUT2D eigenvalue weighted by atomic mass is 32.2. The summed E-state index contributed by atoms with van der Waals surface area (Å²) in [7, 11) is 2.02. The van der Waals surface area contributed by atoms with Crippen molar-refractivity contribution < 1.29 is 0 Å². The molecule has 0 spiro atoms. The van der Waals surface area contributed by atoms with Crippen LogP contribution in [0.4, 0.5) is 0 Å². The Bertz CT molecular complexity index is 286. The first-order valence-electron chi connectivity index (χ1n) is 6.09. The van der Waals surface area contributed by atoms with Gasteiger partial charge < -0.3 is 5.32 Å². The molecule has 0 aliphatic rings. The lowest BCUT2D eigenvalue weighted by Gasteiger charge is -2.13. The van der Waals surface area contributed by atoms with Crippen molar-refractivity contribution in [2.24, 2.45) is 0 Å². The zero-order chi connectivity index (χ0) is 11.8. The SMILES string of the molecule is CCCSCC(NC)c1cnn(CCC)c1. The Morgan fingerprint density at radius 3 is 2.88 bits per heavy atom. The van der Waals surface area contributed by atoms with Gasteiger partial charge in [-0.15, -0.1) is 0 Å². The summed E-state index contributed by atoms with van der Waals surface area (Å²) in [5.41, 5.74) is 1.31. The van der Waals surface area contributed by atoms with Crippen molar-refractivity contribution in [3.63, 3.8) is 0 Å². The fraction of sp³-hybridized carbons (Fsp3) is 0.750. The second-order valence-electron chi connectivity index (χ2n) is 3.95. The van der Waals surface area contributed by atoms with Crippen molar-refractivity contribution in [2.45, 2.75) is 39.3 Å². The summed E-state index contributed by atoms with van der Waals surface area (Å²) in [5, 5.41) is 7.73. The standard InChI is InChI=1S/C12H23N3S/c1-4-6-15-9-11(8-14-15)12(13-3)10-16-7-5-2/h8-9,12-13H,4-7,10H2,1-3H3. The number of nitrogens with one attached hydrogen (secondary N) is 1. The van der Waals surface area contributed by atoms with Crippen LogP contribution in [0.1, 0.15) is 38.3 Å². The van der Waals surface area contributed by atoms with E-state index >= 15 is 0 Å². The van der Waals surface area contributed by atoms with E-state index in [4.69, 9.17) is 0 Å². The molecule has 0 aromatic carbocycles. The first-order valence-corrected chi connectivity index (χ1v) is 7.24. The van der Waals surface area contributed by atoms with Crippen LogP contribution in [0, 0.1) is 0 Å². The fourth-order valence-corrected chi connectivity index (χ4v) is 2.65. The second kappa shape index (κ2) is 7.74. The van der Waals surface area contributed by atoms with Gasteiger partial charge in [0.05, 0.1) is 6.20 Å². The lowest BCUT2D eigenvalue weighted by molar-refractivity contribution is 0.599. The zero-order valence-electron chi connectivity index (χ0n) is 10.6. The number of aryl methyl sites for hydroxylation is 1. The smallest absolute Gasteiger partial charge is 0.0537 e. The van der Waals surface area contributed by atoms with E-state index in [0.717, 1.165) is 18.7 Å². The van der Waals surface area contributed by atoms with E-state index in [1.54, 1.807) is 0 Å². The minimum atomic E-state index is 0.433. The minimum Gasteiger partial charge on any atom is -0.312 e. The Hall–Kier alpha value is -0.480. The summed E-state index contributed by atoms with van der Waals surface area (Å²) >= 11 is 2.00. The van der Waals surface area contributed by atoms with Gasteiger partial charge in [-0.2, -0.15) is 16.9 Å². The van der Waals surface area contributed by atoms with E-state index in [0.29, 0.717) is 6.04 Å². The molecule has 1 atom stereocenters. The number of aromatic nitrogens is 2. The Kier molecular flexibility index (Phi) is 6.57. The highest BCUT2D eigenvalue weighted by molar-refractivity contribution is 7.99. The van der Waals surface area contributed by atoms with Crippen LogP contribution in [0.15, 0.2) is 12.4 Å². The zero-order valence-corrected chi connectivity index (χ0v) is 11.4. The number of thioether (sulfide) groups is 1.